The van der Waals surface area contributed by atoms with Crippen LogP contribution in [-0.4, -0.2) is 30.1 Å². The molecule has 1 aromatic heterocycles. The summed E-state index contributed by atoms with van der Waals surface area (Å²) in [6.07, 6.45) is 3.17. The van der Waals surface area contributed by atoms with Crippen molar-refractivity contribution >= 4 is 29.0 Å². The maximum atomic E-state index is 12.0. The van der Waals surface area contributed by atoms with E-state index in [1.54, 1.807) is 31.5 Å². The molecule has 0 bridgehead atoms. The Balaban J connectivity index is 1.54. The van der Waals surface area contributed by atoms with Crippen molar-refractivity contribution in [1.82, 2.24) is 10.3 Å². The van der Waals surface area contributed by atoms with Gasteiger partial charge in [0.15, 0.2) is 0 Å². The molecule has 0 unspecified atom stereocenters. The molecule has 3 amide bonds. The Labute approximate surface area is 155 Å². The summed E-state index contributed by atoms with van der Waals surface area (Å²) in [5.74, 6) is 0.234. The van der Waals surface area contributed by atoms with E-state index in [0.717, 1.165) is 10.4 Å². The highest BCUT2D eigenvalue weighted by molar-refractivity contribution is 7.13. The van der Waals surface area contributed by atoms with Crippen molar-refractivity contribution in [3.63, 3.8) is 0 Å². The lowest BCUT2D eigenvalue weighted by Crippen LogP contribution is -2.45. The second-order valence-electron chi connectivity index (χ2n) is 6.29. The molecule has 1 aromatic carbocycles. The molecule has 0 atom stereocenters. The summed E-state index contributed by atoms with van der Waals surface area (Å²) in [4.78, 5) is 29.2. The number of methoxy groups -OCH3 is 1. The van der Waals surface area contributed by atoms with Crippen molar-refractivity contribution in [2.75, 3.05) is 12.4 Å². The largest absolute Gasteiger partial charge is 0.431 e. The number of hydrogen-bond acceptors (Lipinski definition) is 6. The second-order valence-corrected chi connectivity index (χ2v) is 7.49. The van der Waals surface area contributed by atoms with Gasteiger partial charge in [0.05, 0.1) is 6.10 Å². The third-order valence-electron chi connectivity index (χ3n) is 4.27. The normalized spacial score (nSPS) is 18.7. The Kier molecular flexibility index (Phi) is 5.53. The first-order valence-corrected chi connectivity index (χ1v) is 9.12. The SMILES string of the molecule is COC1CC(C(=O)NC(=O)Nc2ccc(Oc3ncc(C)s3)c(C)c2)C1. The van der Waals surface area contributed by atoms with Gasteiger partial charge in [-0.15, -0.1) is 0 Å². The first kappa shape index (κ1) is 18.3. The summed E-state index contributed by atoms with van der Waals surface area (Å²) >= 11 is 1.47. The van der Waals surface area contributed by atoms with Gasteiger partial charge in [-0.05, 0) is 50.5 Å². The van der Waals surface area contributed by atoms with Crippen molar-refractivity contribution < 1.29 is 19.1 Å². The van der Waals surface area contributed by atoms with E-state index in [0.29, 0.717) is 29.5 Å². The fourth-order valence-corrected chi connectivity index (χ4v) is 3.28. The Morgan fingerprint density at radius 3 is 2.65 bits per heavy atom. The number of amides is 3. The summed E-state index contributed by atoms with van der Waals surface area (Å²) in [5.41, 5.74) is 1.43. The minimum absolute atomic E-state index is 0.116. The van der Waals surface area contributed by atoms with Gasteiger partial charge in [-0.3, -0.25) is 10.1 Å². The Hall–Kier alpha value is -2.45. The summed E-state index contributed by atoms with van der Waals surface area (Å²) in [5, 5.41) is 5.61. The number of nitrogens with zero attached hydrogens (tertiary/aromatic N) is 1. The molecule has 1 fully saturated rings. The number of aryl methyl sites for hydroxylation is 2. The van der Waals surface area contributed by atoms with E-state index in [1.165, 1.54) is 11.3 Å². The molecular weight excluding hydrogens is 354 g/mol. The zero-order chi connectivity index (χ0) is 18.7. The van der Waals surface area contributed by atoms with Gasteiger partial charge < -0.3 is 14.8 Å². The van der Waals surface area contributed by atoms with Crippen molar-refractivity contribution in [3.05, 3.63) is 34.8 Å². The second kappa shape index (κ2) is 7.84. The van der Waals surface area contributed by atoms with Crippen LogP contribution in [0.25, 0.3) is 0 Å². The summed E-state index contributed by atoms with van der Waals surface area (Å²) in [7, 11) is 1.62. The molecule has 26 heavy (non-hydrogen) atoms. The van der Waals surface area contributed by atoms with Gasteiger partial charge in [0.2, 0.25) is 5.91 Å². The topological polar surface area (TPSA) is 89.5 Å². The Morgan fingerprint density at radius 2 is 2.04 bits per heavy atom. The maximum Gasteiger partial charge on any atom is 0.325 e. The summed E-state index contributed by atoms with van der Waals surface area (Å²) in [6, 6.07) is 4.72. The lowest BCUT2D eigenvalue weighted by Gasteiger charge is -2.32. The smallest absolute Gasteiger partial charge is 0.325 e. The molecule has 0 radical (unpaired) electrons. The van der Waals surface area contributed by atoms with Crippen LogP contribution in [0.2, 0.25) is 0 Å². The molecule has 1 aliphatic rings. The van der Waals surface area contributed by atoms with E-state index >= 15 is 0 Å². The first-order chi connectivity index (χ1) is 12.4. The number of aromatic nitrogens is 1. The van der Waals surface area contributed by atoms with E-state index in [9.17, 15) is 9.59 Å². The van der Waals surface area contributed by atoms with Crippen LogP contribution in [0.15, 0.2) is 24.4 Å². The van der Waals surface area contributed by atoms with Crippen molar-refractivity contribution in [1.29, 1.82) is 0 Å². The van der Waals surface area contributed by atoms with Crippen LogP contribution in [0.1, 0.15) is 23.3 Å². The van der Waals surface area contributed by atoms with E-state index in [2.05, 4.69) is 15.6 Å². The quantitative estimate of drug-likeness (QED) is 0.833. The van der Waals surface area contributed by atoms with E-state index in [1.807, 2.05) is 13.8 Å². The van der Waals surface area contributed by atoms with Crippen LogP contribution in [-0.2, 0) is 9.53 Å². The van der Waals surface area contributed by atoms with Gasteiger partial charge in [0, 0.05) is 29.8 Å². The molecule has 1 saturated carbocycles. The minimum atomic E-state index is -0.542. The minimum Gasteiger partial charge on any atom is -0.431 e. The number of carbonyl (C=O) groups is 2. The highest BCUT2D eigenvalue weighted by atomic mass is 32.1. The molecular formula is C18H21N3O4S. The van der Waals surface area contributed by atoms with Gasteiger partial charge in [-0.1, -0.05) is 11.3 Å². The van der Waals surface area contributed by atoms with E-state index < -0.39 is 6.03 Å². The number of nitrogens with one attached hydrogen (secondary N) is 2. The molecule has 3 rings (SSSR count). The predicted molar refractivity (Wildman–Crippen MR) is 98.8 cm³/mol. The standard InChI is InChI=1S/C18H21N3O4S/c1-10-6-13(4-5-15(10)25-18-19-9-11(2)26-18)20-17(23)21-16(22)12-7-14(8-12)24-3/h4-6,9,12,14H,7-8H2,1-3H3,(H2,20,21,22,23). The van der Waals surface area contributed by atoms with Crippen LogP contribution in [0.4, 0.5) is 10.5 Å². The van der Waals surface area contributed by atoms with Crippen LogP contribution < -0.4 is 15.4 Å². The first-order valence-electron chi connectivity index (χ1n) is 8.30. The lowest BCUT2D eigenvalue weighted by molar-refractivity contribution is -0.131. The molecule has 1 aliphatic carbocycles. The van der Waals surface area contributed by atoms with Crippen LogP contribution in [0.3, 0.4) is 0 Å². The molecule has 8 heteroatoms. The number of anilines is 1. The molecule has 7 nitrogen and oxygen atoms in total. The number of thiazole rings is 1. The highest BCUT2D eigenvalue weighted by Crippen LogP contribution is 2.31. The number of ether oxygens (including phenoxy) is 2. The number of rotatable bonds is 5. The average Bonchev–Trinajstić information content (AvgIpc) is 2.94. The van der Waals surface area contributed by atoms with Crippen LogP contribution in [0.5, 0.6) is 10.9 Å². The average molecular weight is 375 g/mol. The lowest BCUT2D eigenvalue weighted by atomic mass is 9.81. The van der Waals surface area contributed by atoms with Gasteiger partial charge in [-0.25, -0.2) is 9.78 Å². The monoisotopic (exact) mass is 375 g/mol. The van der Waals surface area contributed by atoms with E-state index in [4.69, 9.17) is 9.47 Å². The van der Waals surface area contributed by atoms with Gasteiger partial charge in [0.1, 0.15) is 5.75 Å². The van der Waals surface area contributed by atoms with Gasteiger partial charge >= 0.3 is 6.03 Å². The maximum absolute atomic E-state index is 12.0. The molecule has 138 valence electrons. The zero-order valence-corrected chi connectivity index (χ0v) is 15.7. The molecule has 0 saturated heterocycles. The number of hydrogen-bond donors (Lipinski definition) is 2. The molecule has 1 heterocycles. The van der Waals surface area contributed by atoms with Crippen LogP contribution in [0, 0.1) is 19.8 Å². The summed E-state index contributed by atoms with van der Waals surface area (Å²) in [6.45, 7) is 3.84. The molecule has 2 N–H and O–H groups in total. The molecule has 0 spiro atoms. The Bertz CT molecular complexity index is 815. The Morgan fingerprint density at radius 1 is 1.27 bits per heavy atom. The number of carbonyl (C=O) groups excluding carboxylic acids is 2. The zero-order valence-electron chi connectivity index (χ0n) is 14.9. The third kappa shape index (κ3) is 4.39. The summed E-state index contributed by atoms with van der Waals surface area (Å²) < 4.78 is 10.9. The fraction of sp³-hybridized carbons (Fsp3) is 0.389. The van der Waals surface area contributed by atoms with Gasteiger partial charge in [0.25, 0.3) is 5.19 Å². The van der Waals surface area contributed by atoms with E-state index in [-0.39, 0.29) is 17.9 Å². The van der Waals surface area contributed by atoms with Crippen molar-refractivity contribution in [2.24, 2.45) is 5.92 Å². The van der Waals surface area contributed by atoms with Crippen LogP contribution >= 0.6 is 11.3 Å². The van der Waals surface area contributed by atoms with Crippen molar-refractivity contribution in [2.45, 2.75) is 32.8 Å². The van der Waals surface area contributed by atoms with Crippen molar-refractivity contribution in [3.8, 4) is 10.9 Å². The predicted octanol–water partition coefficient (Wildman–Crippen LogP) is 3.63. The third-order valence-corrected chi connectivity index (χ3v) is 5.06. The fourth-order valence-electron chi connectivity index (χ4n) is 2.67. The molecule has 2 aromatic rings. The number of urea groups is 1. The molecule has 0 aliphatic heterocycles. The number of benzene rings is 1. The number of imide groups is 1. The van der Waals surface area contributed by atoms with Gasteiger partial charge in [-0.2, -0.15) is 0 Å². The highest BCUT2D eigenvalue weighted by Gasteiger charge is 2.35.